The first-order valence-electron chi connectivity index (χ1n) is 7.83. The molecule has 3 heterocycles. The van der Waals surface area contributed by atoms with E-state index in [1.165, 1.54) is 7.11 Å². The average Bonchev–Trinajstić information content (AvgIpc) is 3.29. The van der Waals surface area contributed by atoms with Crippen LogP contribution in [0.4, 0.5) is 13.2 Å². The number of carbonyl (C=O) groups is 1. The molecule has 4 rings (SSSR count). The van der Waals surface area contributed by atoms with Crippen LogP contribution in [0.3, 0.4) is 0 Å². The van der Waals surface area contributed by atoms with Gasteiger partial charge < -0.3 is 19.9 Å². The summed E-state index contributed by atoms with van der Waals surface area (Å²) < 4.78 is 48.8. The number of tetrazole rings is 1. The zero-order chi connectivity index (χ0) is 19.2. The Balaban J connectivity index is 0.00000225. The van der Waals surface area contributed by atoms with E-state index in [-0.39, 0.29) is 23.5 Å². The van der Waals surface area contributed by atoms with Gasteiger partial charge in [0.05, 0.1) is 12.8 Å². The van der Waals surface area contributed by atoms with Crippen LogP contribution in [0, 0.1) is 0 Å². The molecule has 28 heavy (non-hydrogen) atoms. The van der Waals surface area contributed by atoms with E-state index in [1.807, 2.05) is 0 Å². The fourth-order valence-corrected chi connectivity index (χ4v) is 3.20. The molecule has 2 aromatic heterocycles. The van der Waals surface area contributed by atoms with Crippen LogP contribution in [0.25, 0.3) is 10.9 Å². The van der Waals surface area contributed by atoms with Crippen LogP contribution >= 0.6 is 0 Å². The van der Waals surface area contributed by atoms with Crippen molar-refractivity contribution in [2.45, 2.75) is 18.3 Å². The van der Waals surface area contributed by atoms with Gasteiger partial charge in [-0.1, -0.05) is 0 Å². The highest BCUT2D eigenvalue weighted by atomic mass is 19.4. The molecule has 0 bridgehead atoms. The van der Waals surface area contributed by atoms with E-state index >= 15 is 0 Å². The molecule has 0 saturated heterocycles. The minimum absolute atomic E-state index is 0. The Morgan fingerprint density at radius 1 is 1.32 bits per heavy atom. The number of H-pyrrole nitrogens is 2. The Bertz CT molecular complexity index is 1000. The number of rotatable bonds is 3. The zero-order valence-electron chi connectivity index (χ0n) is 14.3. The van der Waals surface area contributed by atoms with Gasteiger partial charge in [0.25, 0.3) is 5.72 Å². The number of methoxy groups -OCH3 is 1. The molecule has 150 valence electrons. The third kappa shape index (κ3) is 2.93. The normalized spacial score (nSPS) is 19.0. The molecule has 0 saturated carbocycles. The van der Waals surface area contributed by atoms with E-state index in [0.717, 1.165) is 5.39 Å². The molecule has 0 amide bonds. The Labute approximate surface area is 154 Å². The van der Waals surface area contributed by atoms with Crippen LogP contribution in [0.5, 0.6) is 5.75 Å². The van der Waals surface area contributed by atoms with Crippen LogP contribution in [0.15, 0.2) is 18.2 Å². The summed E-state index contributed by atoms with van der Waals surface area (Å²) in [6.45, 7) is 0.219. The predicted molar refractivity (Wildman–Crippen MR) is 87.3 cm³/mol. The van der Waals surface area contributed by atoms with Crippen molar-refractivity contribution in [2.24, 2.45) is 0 Å². The Hall–Kier alpha value is -3.19. The van der Waals surface area contributed by atoms with Crippen LogP contribution in [0.2, 0.25) is 0 Å². The SMILES string of the molecule is COc1ccc2[nH]c3c(c2c1)CCNC3(OC(=O)C(F)(F)F)c1nn[nH]n1.O. The summed E-state index contributed by atoms with van der Waals surface area (Å²) >= 11 is 0. The number of aromatic nitrogens is 5. The van der Waals surface area contributed by atoms with Gasteiger partial charge in [-0.2, -0.15) is 18.4 Å². The van der Waals surface area contributed by atoms with Crippen molar-refractivity contribution in [1.82, 2.24) is 30.9 Å². The minimum Gasteiger partial charge on any atom is -0.497 e. The van der Waals surface area contributed by atoms with Crippen LogP contribution < -0.4 is 10.1 Å². The summed E-state index contributed by atoms with van der Waals surface area (Å²) in [5.41, 5.74) is -0.543. The highest BCUT2D eigenvalue weighted by Crippen LogP contribution is 2.39. The van der Waals surface area contributed by atoms with Crippen molar-refractivity contribution >= 4 is 16.9 Å². The van der Waals surface area contributed by atoms with Gasteiger partial charge in [-0.25, -0.2) is 4.79 Å². The highest BCUT2D eigenvalue weighted by Gasteiger charge is 2.53. The average molecular weight is 400 g/mol. The maximum atomic E-state index is 12.9. The molecule has 1 aromatic carbocycles. The number of aromatic amines is 2. The van der Waals surface area contributed by atoms with E-state index in [9.17, 15) is 18.0 Å². The van der Waals surface area contributed by atoms with Crippen molar-refractivity contribution in [1.29, 1.82) is 0 Å². The summed E-state index contributed by atoms with van der Waals surface area (Å²) in [4.78, 5) is 14.7. The molecule has 1 unspecified atom stereocenters. The monoisotopic (exact) mass is 400 g/mol. The first-order chi connectivity index (χ1) is 12.8. The van der Waals surface area contributed by atoms with Crippen LogP contribution in [-0.2, 0) is 21.7 Å². The molecule has 1 aliphatic rings. The highest BCUT2D eigenvalue weighted by molar-refractivity contribution is 5.87. The number of nitrogens with zero attached hydrogens (tertiary/aromatic N) is 3. The lowest BCUT2D eigenvalue weighted by Crippen LogP contribution is -2.53. The van der Waals surface area contributed by atoms with E-state index in [2.05, 4.69) is 30.9 Å². The van der Waals surface area contributed by atoms with Crippen LogP contribution in [0.1, 0.15) is 17.1 Å². The van der Waals surface area contributed by atoms with Gasteiger partial charge >= 0.3 is 12.1 Å². The molecule has 13 heteroatoms. The first kappa shape index (κ1) is 19.6. The molecule has 1 aliphatic heterocycles. The molecule has 0 spiro atoms. The zero-order valence-corrected chi connectivity index (χ0v) is 14.3. The molecule has 0 radical (unpaired) electrons. The Morgan fingerprint density at radius 3 is 2.75 bits per heavy atom. The van der Waals surface area contributed by atoms with Crippen molar-refractivity contribution in [3.8, 4) is 5.75 Å². The van der Waals surface area contributed by atoms with Crippen molar-refractivity contribution in [2.75, 3.05) is 13.7 Å². The largest absolute Gasteiger partial charge is 0.497 e. The lowest BCUT2D eigenvalue weighted by atomic mass is 9.95. The quantitative estimate of drug-likeness (QED) is 0.536. The van der Waals surface area contributed by atoms with Gasteiger partial charge in [0.1, 0.15) is 5.75 Å². The van der Waals surface area contributed by atoms with Crippen molar-refractivity contribution < 1.29 is 32.9 Å². The van der Waals surface area contributed by atoms with E-state index in [1.54, 1.807) is 18.2 Å². The molecule has 1 atom stereocenters. The fourth-order valence-electron chi connectivity index (χ4n) is 3.20. The minimum atomic E-state index is -5.19. The van der Waals surface area contributed by atoms with E-state index < -0.39 is 17.9 Å². The second kappa shape index (κ2) is 6.76. The topological polar surface area (TPSA) is 149 Å². The van der Waals surface area contributed by atoms with E-state index in [4.69, 9.17) is 9.47 Å². The summed E-state index contributed by atoms with van der Waals surface area (Å²) in [6, 6.07) is 5.18. The van der Waals surface area contributed by atoms with Gasteiger partial charge in [0.2, 0.25) is 5.82 Å². The van der Waals surface area contributed by atoms with Crippen molar-refractivity contribution in [3.63, 3.8) is 0 Å². The first-order valence-corrected chi connectivity index (χ1v) is 7.83. The molecular formula is C15H15F3N6O4. The van der Waals surface area contributed by atoms with Gasteiger partial charge in [0.15, 0.2) is 0 Å². The number of alkyl halides is 3. The summed E-state index contributed by atoms with van der Waals surface area (Å²) in [6.07, 6.45) is -4.71. The smallest absolute Gasteiger partial charge is 0.491 e. The number of hydrogen-bond acceptors (Lipinski definition) is 7. The number of ether oxygens (including phenoxy) is 2. The van der Waals surface area contributed by atoms with Gasteiger partial charge in [-0.05, 0) is 35.4 Å². The summed E-state index contributed by atoms with van der Waals surface area (Å²) in [7, 11) is 1.51. The number of hydrogen-bond donors (Lipinski definition) is 3. The van der Waals surface area contributed by atoms with Crippen LogP contribution in [-0.4, -0.2) is 56.9 Å². The molecule has 0 fully saturated rings. The number of fused-ring (bicyclic) bond motifs is 3. The Kier molecular flexibility index (Phi) is 4.72. The second-order valence-corrected chi connectivity index (χ2v) is 5.87. The molecular weight excluding hydrogens is 385 g/mol. The predicted octanol–water partition coefficient (Wildman–Crippen LogP) is 0.317. The number of nitrogens with one attached hydrogen (secondary N) is 3. The molecule has 0 aliphatic carbocycles. The maximum absolute atomic E-state index is 12.9. The van der Waals surface area contributed by atoms with E-state index in [0.29, 0.717) is 23.3 Å². The third-order valence-electron chi connectivity index (χ3n) is 4.35. The lowest BCUT2D eigenvalue weighted by molar-refractivity contribution is -0.216. The van der Waals surface area contributed by atoms with Gasteiger partial charge in [-0.3, -0.25) is 5.32 Å². The second-order valence-electron chi connectivity index (χ2n) is 5.87. The fraction of sp³-hybridized carbons (Fsp3) is 0.333. The van der Waals surface area contributed by atoms with Gasteiger partial charge in [-0.15, -0.1) is 10.2 Å². The maximum Gasteiger partial charge on any atom is 0.491 e. The number of carbonyl (C=O) groups excluding carboxylic acids is 1. The Morgan fingerprint density at radius 2 is 2.11 bits per heavy atom. The van der Waals surface area contributed by atoms with Crippen molar-refractivity contribution in [3.05, 3.63) is 35.3 Å². The summed E-state index contributed by atoms with van der Waals surface area (Å²) in [5, 5.41) is 16.6. The number of benzene rings is 1. The third-order valence-corrected chi connectivity index (χ3v) is 4.35. The molecule has 5 N–H and O–H groups in total. The number of halogens is 3. The summed E-state index contributed by atoms with van der Waals surface area (Å²) in [5.74, 6) is -2.04. The standard InChI is InChI=1S/C15H13F3N6O3.H2O/c1-26-7-2-3-10-9(6-7)8-4-5-19-14(11(8)20-10,12-21-23-24-22-12)27-13(25)15(16,17)18;/h2-3,6,19-20H,4-5H2,1H3,(H,21,22,23,24);1H2. The number of esters is 1. The lowest BCUT2D eigenvalue weighted by Gasteiger charge is -2.35. The molecule has 3 aromatic rings. The molecule has 10 nitrogen and oxygen atoms in total. The van der Waals surface area contributed by atoms with Gasteiger partial charge in [0, 0.05) is 17.4 Å².